The van der Waals surface area contributed by atoms with Gasteiger partial charge in [-0.25, -0.2) is 0 Å². The molecule has 5 nitrogen and oxygen atoms in total. The molecule has 0 aliphatic carbocycles. The van der Waals surface area contributed by atoms with Crippen LogP contribution in [0.1, 0.15) is 11.1 Å². The number of nitrogens with zero attached hydrogens (tertiary/aromatic N) is 2. The fraction of sp³-hybridized carbons (Fsp3) is 0.167. The first-order valence-corrected chi connectivity index (χ1v) is 8.71. The van der Waals surface area contributed by atoms with Gasteiger partial charge in [-0.05, 0) is 35.9 Å². The molecular formula is C18H16N2O3S2. The maximum absolute atomic E-state index is 12.7. The van der Waals surface area contributed by atoms with E-state index >= 15 is 0 Å². The molecule has 0 atom stereocenters. The molecule has 1 amide bonds. The Morgan fingerprint density at radius 3 is 2.80 bits per heavy atom. The van der Waals surface area contributed by atoms with E-state index in [1.165, 1.54) is 11.8 Å². The lowest BCUT2D eigenvalue weighted by atomic mass is 10.1. The molecule has 1 aliphatic rings. The molecule has 2 aromatic rings. The quantitative estimate of drug-likeness (QED) is 0.591. The lowest BCUT2D eigenvalue weighted by molar-refractivity contribution is -0.122. The van der Waals surface area contributed by atoms with Gasteiger partial charge in [-0.15, -0.1) is 0 Å². The molecule has 0 N–H and O–H groups in total. The number of hydrogen-bond donors (Lipinski definition) is 0. The molecule has 0 bridgehead atoms. The molecule has 1 aromatic heterocycles. The number of amides is 1. The number of rotatable bonds is 5. The molecular weight excluding hydrogens is 356 g/mol. The van der Waals surface area contributed by atoms with Crippen molar-refractivity contribution in [2.45, 2.75) is 6.54 Å². The average Bonchev–Trinajstić information content (AvgIpc) is 2.90. The maximum atomic E-state index is 12.7. The summed E-state index contributed by atoms with van der Waals surface area (Å²) < 4.78 is 11.1. The number of thioether (sulfide) groups is 1. The molecule has 2 heterocycles. The molecule has 0 radical (unpaired) electrons. The third kappa shape index (κ3) is 3.83. The summed E-state index contributed by atoms with van der Waals surface area (Å²) in [6.45, 7) is 0.408. The van der Waals surface area contributed by atoms with Crippen LogP contribution in [0.25, 0.3) is 6.08 Å². The van der Waals surface area contributed by atoms with Gasteiger partial charge in [-0.3, -0.25) is 14.7 Å². The number of ether oxygens (including phenoxy) is 2. The lowest BCUT2D eigenvalue weighted by Crippen LogP contribution is -2.27. The highest BCUT2D eigenvalue weighted by Crippen LogP contribution is 2.35. The number of carbonyl (C=O) groups excluding carboxylic acids is 1. The molecule has 1 saturated heterocycles. The second-order valence-corrected chi connectivity index (χ2v) is 6.91. The molecule has 25 heavy (non-hydrogen) atoms. The summed E-state index contributed by atoms with van der Waals surface area (Å²) >= 11 is 6.65. The molecule has 128 valence electrons. The summed E-state index contributed by atoms with van der Waals surface area (Å²) in [5.41, 5.74) is 1.70. The second-order valence-electron chi connectivity index (χ2n) is 5.24. The van der Waals surface area contributed by atoms with Gasteiger partial charge in [-0.1, -0.05) is 30.0 Å². The van der Waals surface area contributed by atoms with Gasteiger partial charge in [0, 0.05) is 18.0 Å². The third-order valence-electron chi connectivity index (χ3n) is 3.66. The number of methoxy groups -OCH3 is 2. The first-order chi connectivity index (χ1) is 12.1. The Morgan fingerprint density at radius 2 is 2.12 bits per heavy atom. The van der Waals surface area contributed by atoms with Crippen LogP contribution in [0.15, 0.2) is 47.6 Å². The van der Waals surface area contributed by atoms with Gasteiger partial charge in [0.2, 0.25) is 0 Å². The largest absolute Gasteiger partial charge is 0.497 e. The molecule has 1 aliphatic heterocycles. The summed E-state index contributed by atoms with van der Waals surface area (Å²) in [5.74, 6) is 1.24. The van der Waals surface area contributed by atoms with Crippen molar-refractivity contribution < 1.29 is 14.3 Å². The van der Waals surface area contributed by atoms with Crippen LogP contribution >= 0.6 is 24.0 Å². The number of benzene rings is 1. The van der Waals surface area contributed by atoms with Crippen molar-refractivity contribution in [2.75, 3.05) is 14.2 Å². The van der Waals surface area contributed by atoms with E-state index in [0.717, 1.165) is 11.1 Å². The van der Waals surface area contributed by atoms with E-state index < -0.39 is 0 Å². The van der Waals surface area contributed by atoms with Gasteiger partial charge in [0.25, 0.3) is 5.91 Å². The molecule has 1 fully saturated rings. The number of carbonyl (C=O) groups is 1. The van der Waals surface area contributed by atoms with E-state index in [4.69, 9.17) is 21.7 Å². The Bertz CT molecular complexity index is 837. The van der Waals surface area contributed by atoms with Crippen molar-refractivity contribution >= 4 is 40.3 Å². The summed E-state index contributed by atoms with van der Waals surface area (Å²) in [6.07, 6.45) is 5.21. The van der Waals surface area contributed by atoms with Crippen molar-refractivity contribution in [3.63, 3.8) is 0 Å². The van der Waals surface area contributed by atoms with E-state index in [-0.39, 0.29) is 5.91 Å². The van der Waals surface area contributed by atoms with E-state index in [9.17, 15) is 4.79 Å². The first-order valence-electron chi connectivity index (χ1n) is 7.48. The van der Waals surface area contributed by atoms with Gasteiger partial charge in [0.15, 0.2) is 0 Å². The van der Waals surface area contributed by atoms with Crippen LogP contribution in [0.5, 0.6) is 11.5 Å². The number of aromatic nitrogens is 1. The van der Waals surface area contributed by atoms with E-state index in [0.29, 0.717) is 27.3 Å². The zero-order valence-corrected chi connectivity index (χ0v) is 15.4. The van der Waals surface area contributed by atoms with Crippen LogP contribution in [-0.4, -0.2) is 34.3 Å². The number of hydrogen-bond acceptors (Lipinski definition) is 6. The monoisotopic (exact) mass is 372 g/mol. The SMILES string of the molecule is COc1ccc(OC)c(/C=C2/SC(=S)N(Cc3cccnc3)C2=O)c1. The Hall–Kier alpha value is -2.38. The van der Waals surface area contributed by atoms with Crippen LogP contribution in [0, 0.1) is 0 Å². The van der Waals surface area contributed by atoms with Crippen molar-refractivity contribution in [1.82, 2.24) is 9.88 Å². The standard InChI is InChI=1S/C18H16N2O3S2/c1-22-14-5-6-15(23-2)13(8-14)9-16-17(21)20(18(24)25-16)11-12-4-3-7-19-10-12/h3-10H,11H2,1-2H3/b16-9+. The molecule has 0 unspecified atom stereocenters. The third-order valence-corrected chi connectivity index (χ3v) is 5.04. The minimum absolute atomic E-state index is 0.122. The van der Waals surface area contributed by atoms with Gasteiger partial charge < -0.3 is 9.47 Å². The highest BCUT2D eigenvalue weighted by molar-refractivity contribution is 8.26. The van der Waals surface area contributed by atoms with E-state index in [2.05, 4.69) is 4.98 Å². The predicted molar refractivity (Wildman–Crippen MR) is 102 cm³/mol. The van der Waals surface area contributed by atoms with Crippen LogP contribution in [0.4, 0.5) is 0 Å². The topological polar surface area (TPSA) is 51.7 Å². The fourth-order valence-electron chi connectivity index (χ4n) is 2.40. The highest BCUT2D eigenvalue weighted by atomic mass is 32.2. The Kier molecular flexibility index (Phi) is 5.35. The van der Waals surface area contributed by atoms with Crippen molar-refractivity contribution in [2.24, 2.45) is 0 Å². The number of thiocarbonyl (C=S) groups is 1. The van der Waals surface area contributed by atoms with Crippen molar-refractivity contribution in [3.8, 4) is 11.5 Å². The van der Waals surface area contributed by atoms with E-state index in [1.807, 2.05) is 24.3 Å². The maximum Gasteiger partial charge on any atom is 0.266 e. The van der Waals surface area contributed by atoms with Crippen LogP contribution in [-0.2, 0) is 11.3 Å². The Morgan fingerprint density at radius 1 is 1.28 bits per heavy atom. The molecule has 3 rings (SSSR count). The van der Waals surface area contributed by atoms with E-state index in [1.54, 1.807) is 43.7 Å². The van der Waals surface area contributed by atoms with Crippen molar-refractivity contribution in [3.05, 3.63) is 58.8 Å². The average molecular weight is 372 g/mol. The highest BCUT2D eigenvalue weighted by Gasteiger charge is 2.32. The Labute approximate surface area is 155 Å². The van der Waals surface area contributed by atoms with Gasteiger partial charge in [0.1, 0.15) is 15.8 Å². The first kappa shape index (κ1) is 17.4. The van der Waals surface area contributed by atoms with Crippen molar-refractivity contribution in [1.29, 1.82) is 0 Å². The normalized spacial score (nSPS) is 15.8. The molecule has 1 aromatic carbocycles. The zero-order chi connectivity index (χ0) is 17.8. The summed E-state index contributed by atoms with van der Waals surface area (Å²) in [6, 6.07) is 9.20. The molecule has 0 spiro atoms. The zero-order valence-electron chi connectivity index (χ0n) is 13.8. The Balaban J connectivity index is 1.88. The minimum Gasteiger partial charge on any atom is -0.497 e. The second kappa shape index (κ2) is 7.67. The summed E-state index contributed by atoms with van der Waals surface area (Å²) in [4.78, 5) is 18.9. The fourth-order valence-corrected chi connectivity index (χ4v) is 3.65. The summed E-state index contributed by atoms with van der Waals surface area (Å²) in [7, 11) is 3.19. The minimum atomic E-state index is -0.122. The van der Waals surface area contributed by atoms with Crippen LogP contribution in [0.3, 0.4) is 0 Å². The lowest BCUT2D eigenvalue weighted by Gasteiger charge is -2.14. The van der Waals surface area contributed by atoms with Crippen LogP contribution in [0.2, 0.25) is 0 Å². The van der Waals surface area contributed by atoms with Gasteiger partial charge in [0.05, 0.1) is 25.7 Å². The van der Waals surface area contributed by atoms with Gasteiger partial charge in [-0.2, -0.15) is 0 Å². The van der Waals surface area contributed by atoms with Gasteiger partial charge >= 0.3 is 0 Å². The predicted octanol–water partition coefficient (Wildman–Crippen LogP) is 3.50. The smallest absolute Gasteiger partial charge is 0.266 e. The molecule has 7 heteroatoms. The van der Waals surface area contributed by atoms with Crippen LogP contribution < -0.4 is 9.47 Å². The number of pyridine rings is 1. The molecule has 0 saturated carbocycles. The summed E-state index contributed by atoms with van der Waals surface area (Å²) in [5, 5.41) is 0.